The van der Waals surface area contributed by atoms with Crippen LogP contribution < -0.4 is 15.8 Å². The predicted octanol–water partition coefficient (Wildman–Crippen LogP) is 1.64. The van der Waals surface area contributed by atoms with Gasteiger partial charge in [-0.05, 0) is 26.0 Å². The van der Waals surface area contributed by atoms with Gasteiger partial charge >= 0.3 is 0 Å². The first-order valence-electron chi connectivity index (χ1n) is 6.93. The number of amides is 2. The quantitative estimate of drug-likeness (QED) is 0.796. The number of likely N-dealkylation sites (N-methyl/N-ethyl adjacent to an activating group) is 1. The molecular formula is C15H24ClN3O3. The van der Waals surface area contributed by atoms with Crippen molar-refractivity contribution in [3.63, 3.8) is 0 Å². The predicted molar refractivity (Wildman–Crippen MR) is 89.4 cm³/mol. The molecule has 7 heteroatoms. The second-order valence-electron chi connectivity index (χ2n) is 4.87. The lowest BCUT2D eigenvalue weighted by Crippen LogP contribution is -2.40. The zero-order chi connectivity index (χ0) is 15.8. The maximum Gasteiger partial charge on any atom is 0.243 e. The molecule has 1 aromatic carbocycles. The summed E-state index contributed by atoms with van der Waals surface area (Å²) in [5.41, 5.74) is 6.24. The molecule has 0 aliphatic rings. The van der Waals surface area contributed by atoms with Gasteiger partial charge in [0.1, 0.15) is 5.75 Å². The highest BCUT2D eigenvalue weighted by Crippen LogP contribution is 2.16. The van der Waals surface area contributed by atoms with Gasteiger partial charge in [-0.1, -0.05) is 6.07 Å². The number of carbonyl (C=O) groups is 2. The Morgan fingerprint density at radius 1 is 1.41 bits per heavy atom. The van der Waals surface area contributed by atoms with Crippen molar-refractivity contribution in [1.29, 1.82) is 0 Å². The third-order valence-electron chi connectivity index (χ3n) is 2.92. The van der Waals surface area contributed by atoms with Gasteiger partial charge in [0.25, 0.3) is 0 Å². The highest BCUT2D eigenvalue weighted by Gasteiger charge is 2.16. The van der Waals surface area contributed by atoms with Crippen LogP contribution in [-0.4, -0.2) is 43.0 Å². The fraction of sp³-hybridized carbons (Fsp3) is 0.467. The normalized spacial score (nSPS) is 11.1. The average molecular weight is 330 g/mol. The van der Waals surface area contributed by atoms with E-state index in [1.165, 1.54) is 4.90 Å². The summed E-state index contributed by atoms with van der Waals surface area (Å²) in [5, 5.41) is 2.75. The first kappa shape index (κ1) is 20.2. The van der Waals surface area contributed by atoms with E-state index in [0.717, 1.165) is 0 Å². The average Bonchev–Trinajstić information content (AvgIpc) is 2.44. The van der Waals surface area contributed by atoms with Crippen LogP contribution in [0.5, 0.6) is 5.75 Å². The van der Waals surface area contributed by atoms with Gasteiger partial charge in [-0.2, -0.15) is 0 Å². The van der Waals surface area contributed by atoms with E-state index in [2.05, 4.69) is 5.32 Å². The number of carbonyl (C=O) groups excluding carboxylic acids is 2. The highest BCUT2D eigenvalue weighted by atomic mass is 35.5. The summed E-state index contributed by atoms with van der Waals surface area (Å²) in [4.78, 5) is 25.4. The number of nitrogens with one attached hydrogen (secondary N) is 1. The van der Waals surface area contributed by atoms with Gasteiger partial charge in [0.2, 0.25) is 11.8 Å². The van der Waals surface area contributed by atoms with Crippen LogP contribution in [0.25, 0.3) is 0 Å². The molecule has 0 spiro atoms. The minimum atomic E-state index is -0.247. The lowest BCUT2D eigenvalue weighted by Gasteiger charge is -2.21. The van der Waals surface area contributed by atoms with Crippen LogP contribution in [0.4, 0.5) is 5.69 Å². The van der Waals surface area contributed by atoms with Crippen molar-refractivity contribution in [2.24, 2.45) is 5.73 Å². The molecule has 0 heterocycles. The zero-order valence-electron chi connectivity index (χ0n) is 13.2. The third kappa shape index (κ3) is 6.78. The number of halogens is 1. The van der Waals surface area contributed by atoms with Gasteiger partial charge < -0.3 is 20.7 Å². The fourth-order valence-corrected chi connectivity index (χ4v) is 1.86. The monoisotopic (exact) mass is 329 g/mol. The lowest BCUT2D eigenvalue weighted by atomic mass is 10.2. The Morgan fingerprint density at radius 2 is 2.09 bits per heavy atom. The van der Waals surface area contributed by atoms with E-state index in [4.69, 9.17) is 10.5 Å². The van der Waals surface area contributed by atoms with Crippen LogP contribution in [0.15, 0.2) is 24.3 Å². The minimum absolute atomic E-state index is 0. The maximum atomic E-state index is 12.0. The van der Waals surface area contributed by atoms with Crippen molar-refractivity contribution in [3.8, 4) is 5.75 Å². The number of hydrogen-bond donors (Lipinski definition) is 2. The van der Waals surface area contributed by atoms with Crippen LogP contribution in [-0.2, 0) is 9.59 Å². The number of rotatable bonds is 7. The summed E-state index contributed by atoms with van der Waals surface area (Å²) in [6, 6.07) is 6.85. The maximum absolute atomic E-state index is 12.0. The van der Waals surface area contributed by atoms with Crippen molar-refractivity contribution >= 4 is 29.9 Å². The van der Waals surface area contributed by atoms with E-state index in [-0.39, 0.29) is 43.2 Å². The number of ether oxygens (including phenoxy) is 1. The Morgan fingerprint density at radius 3 is 2.64 bits per heavy atom. The summed E-state index contributed by atoms with van der Waals surface area (Å²) in [6.07, 6.45) is 0.236. The fourth-order valence-electron chi connectivity index (χ4n) is 1.86. The molecule has 0 saturated heterocycles. The molecule has 0 saturated carbocycles. The zero-order valence-corrected chi connectivity index (χ0v) is 14.0. The van der Waals surface area contributed by atoms with Gasteiger partial charge in [0, 0.05) is 30.8 Å². The number of anilines is 1. The van der Waals surface area contributed by atoms with Crippen LogP contribution in [0.2, 0.25) is 0 Å². The molecular weight excluding hydrogens is 306 g/mol. The van der Waals surface area contributed by atoms with Gasteiger partial charge in [-0.3, -0.25) is 9.59 Å². The van der Waals surface area contributed by atoms with Crippen LogP contribution in [0, 0.1) is 0 Å². The topological polar surface area (TPSA) is 84.7 Å². The number of nitrogens with two attached hydrogens (primary N) is 1. The van der Waals surface area contributed by atoms with Gasteiger partial charge in [-0.15, -0.1) is 12.4 Å². The summed E-state index contributed by atoms with van der Waals surface area (Å²) in [7, 11) is 1.56. The first-order valence-corrected chi connectivity index (χ1v) is 6.93. The standard InChI is InChI=1S/C15H23N3O3.ClH/c1-4-18(15(20)8-11(2)16)10-14(19)17-12-6-5-7-13(9-12)21-3;/h5-7,9,11H,4,8,10,16H2,1-3H3,(H,17,19);1H. The van der Waals surface area contributed by atoms with Crippen molar-refractivity contribution < 1.29 is 14.3 Å². The second kappa shape index (κ2) is 10.0. The van der Waals surface area contributed by atoms with E-state index in [9.17, 15) is 9.59 Å². The molecule has 22 heavy (non-hydrogen) atoms. The molecule has 3 N–H and O–H groups in total. The Hall–Kier alpha value is -1.79. The smallest absolute Gasteiger partial charge is 0.243 e. The molecule has 0 radical (unpaired) electrons. The summed E-state index contributed by atoms with van der Waals surface area (Å²) in [6.45, 7) is 4.08. The van der Waals surface area contributed by atoms with Crippen molar-refractivity contribution in [2.45, 2.75) is 26.3 Å². The molecule has 2 amide bonds. The number of methoxy groups -OCH3 is 1. The van der Waals surface area contributed by atoms with Crippen molar-refractivity contribution in [3.05, 3.63) is 24.3 Å². The largest absolute Gasteiger partial charge is 0.497 e. The lowest BCUT2D eigenvalue weighted by molar-refractivity contribution is -0.134. The first-order chi connectivity index (χ1) is 9.96. The van der Waals surface area contributed by atoms with E-state index >= 15 is 0 Å². The van der Waals surface area contributed by atoms with E-state index in [1.807, 2.05) is 6.92 Å². The molecule has 0 bridgehead atoms. The molecule has 1 unspecified atom stereocenters. The Labute approximate surface area is 137 Å². The Balaban J connectivity index is 0.00000441. The summed E-state index contributed by atoms with van der Waals surface area (Å²) < 4.78 is 5.09. The van der Waals surface area contributed by atoms with E-state index in [0.29, 0.717) is 18.0 Å². The van der Waals surface area contributed by atoms with Crippen molar-refractivity contribution in [1.82, 2.24) is 4.90 Å². The molecule has 0 fully saturated rings. The molecule has 0 aliphatic heterocycles. The molecule has 1 atom stereocenters. The van der Waals surface area contributed by atoms with Crippen LogP contribution >= 0.6 is 12.4 Å². The molecule has 124 valence electrons. The van der Waals surface area contributed by atoms with Gasteiger partial charge in [-0.25, -0.2) is 0 Å². The number of nitrogens with zero attached hydrogens (tertiary/aromatic N) is 1. The van der Waals surface area contributed by atoms with Crippen LogP contribution in [0.1, 0.15) is 20.3 Å². The molecule has 0 aromatic heterocycles. The molecule has 0 aliphatic carbocycles. The summed E-state index contributed by atoms with van der Waals surface area (Å²) in [5.74, 6) is 0.296. The Kier molecular flexibility index (Phi) is 9.21. The SMILES string of the molecule is CCN(CC(=O)Nc1cccc(OC)c1)C(=O)CC(C)N.Cl. The minimum Gasteiger partial charge on any atom is -0.497 e. The second-order valence-corrected chi connectivity index (χ2v) is 4.87. The summed E-state index contributed by atoms with van der Waals surface area (Å²) >= 11 is 0. The number of hydrogen-bond acceptors (Lipinski definition) is 4. The Bertz CT molecular complexity index is 495. The molecule has 1 rings (SSSR count). The van der Waals surface area contributed by atoms with Crippen LogP contribution in [0.3, 0.4) is 0 Å². The van der Waals surface area contributed by atoms with Gasteiger partial charge in [0.05, 0.1) is 13.7 Å². The number of benzene rings is 1. The van der Waals surface area contributed by atoms with Crippen molar-refractivity contribution in [2.75, 3.05) is 25.5 Å². The molecule has 6 nitrogen and oxygen atoms in total. The third-order valence-corrected chi connectivity index (χ3v) is 2.92. The molecule has 1 aromatic rings. The van der Waals surface area contributed by atoms with Gasteiger partial charge in [0.15, 0.2) is 0 Å². The van der Waals surface area contributed by atoms with E-state index in [1.54, 1.807) is 38.3 Å². The van der Waals surface area contributed by atoms with E-state index < -0.39 is 0 Å². The highest BCUT2D eigenvalue weighted by molar-refractivity contribution is 5.94.